The fourth-order valence-corrected chi connectivity index (χ4v) is 2.68. The van der Waals surface area contributed by atoms with Gasteiger partial charge in [0.25, 0.3) is 0 Å². The Morgan fingerprint density at radius 2 is 2.05 bits per heavy atom. The van der Waals surface area contributed by atoms with Crippen LogP contribution >= 0.6 is 0 Å². The van der Waals surface area contributed by atoms with Crippen LogP contribution in [0.2, 0.25) is 0 Å². The summed E-state index contributed by atoms with van der Waals surface area (Å²) in [4.78, 5) is 14.4. The first-order valence-electron chi connectivity index (χ1n) is 7.24. The molecule has 0 bridgehead atoms. The number of likely N-dealkylation sites (tertiary alicyclic amines) is 1. The first-order valence-corrected chi connectivity index (χ1v) is 7.24. The van der Waals surface area contributed by atoms with Crippen molar-refractivity contribution in [2.45, 2.75) is 25.7 Å². The van der Waals surface area contributed by atoms with Crippen molar-refractivity contribution in [1.82, 2.24) is 4.90 Å². The highest BCUT2D eigenvalue weighted by molar-refractivity contribution is 5.93. The first-order chi connectivity index (χ1) is 9.83. The van der Waals surface area contributed by atoms with E-state index in [2.05, 4.69) is 10.2 Å². The largest absolute Gasteiger partial charge is 0.454 e. The zero-order valence-corrected chi connectivity index (χ0v) is 11.6. The van der Waals surface area contributed by atoms with Crippen LogP contribution in [0.4, 0.5) is 5.69 Å². The molecule has 2 heterocycles. The summed E-state index contributed by atoms with van der Waals surface area (Å²) in [5.41, 5.74) is 0.698. The zero-order valence-electron chi connectivity index (χ0n) is 11.6. The molecule has 3 rings (SSSR count). The van der Waals surface area contributed by atoms with Crippen LogP contribution in [0, 0.1) is 0 Å². The number of ether oxygens (including phenoxy) is 2. The summed E-state index contributed by atoms with van der Waals surface area (Å²) in [6, 6.07) is 5.53. The Morgan fingerprint density at radius 3 is 2.90 bits per heavy atom. The molecular formula is C15H20N2O3. The molecule has 5 nitrogen and oxygen atoms in total. The average Bonchev–Trinajstić information content (AvgIpc) is 2.96. The van der Waals surface area contributed by atoms with Crippen LogP contribution in [-0.4, -0.2) is 37.2 Å². The zero-order chi connectivity index (χ0) is 13.8. The molecule has 1 N–H and O–H groups in total. The van der Waals surface area contributed by atoms with Gasteiger partial charge in [0.15, 0.2) is 11.5 Å². The van der Waals surface area contributed by atoms with Gasteiger partial charge in [0.05, 0.1) is 5.69 Å². The molecule has 0 saturated carbocycles. The molecule has 1 fully saturated rings. The predicted molar refractivity (Wildman–Crippen MR) is 76.1 cm³/mol. The van der Waals surface area contributed by atoms with Crippen molar-refractivity contribution < 1.29 is 14.3 Å². The Morgan fingerprint density at radius 1 is 1.20 bits per heavy atom. The molecule has 0 aromatic heterocycles. The summed E-state index contributed by atoms with van der Waals surface area (Å²) in [6.07, 6.45) is 4.33. The van der Waals surface area contributed by atoms with Gasteiger partial charge in [0, 0.05) is 13.0 Å². The lowest BCUT2D eigenvalue weighted by molar-refractivity contribution is -0.116. The van der Waals surface area contributed by atoms with E-state index in [9.17, 15) is 4.79 Å². The lowest BCUT2D eigenvalue weighted by Crippen LogP contribution is -2.32. The molecule has 1 saturated heterocycles. The number of para-hydroxylation sites is 1. The Labute approximate surface area is 118 Å². The molecule has 1 amide bonds. The van der Waals surface area contributed by atoms with Crippen LogP contribution in [0.15, 0.2) is 18.2 Å². The van der Waals surface area contributed by atoms with Crippen molar-refractivity contribution in [3.63, 3.8) is 0 Å². The monoisotopic (exact) mass is 276 g/mol. The van der Waals surface area contributed by atoms with E-state index in [0.29, 0.717) is 23.6 Å². The second-order valence-electron chi connectivity index (χ2n) is 5.24. The molecule has 0 unspecified atom stereocenters. The second kappa shape index (κ2) is 6.13. The van der Waals surface area contributed by atoms with Gasteiger partial charge in [-0.3, -0.25) is 4.79 Å². The van der Waals surface area contributed by atoms with Crippen molar-refractivity contribution >= 4 is 11.6 Å². The maximum absolute atomic E-state index is 12.0. The number of carbonyl (C=O) groups excluding carboxylic acids is 1. The van der Waals surface area contributed by atoms with Crippen LogP contribution in [0.1, 0.15) is 25.7 Å². The lowest BCUT2D eigenvalue weighted by atomic mass is 10.1. The van der Waals surface area contributed by atoms with E-state index in [4.69, 9.17) is 9.47 Å². The Balaban J connectivity index is 1.52. The predicted octanol–water partition coefficient (Wildman–Crippen LogP) is 2.23. The van der Waals surface area contributed by atoms with Crippen molar-refractivity contribution in [2.75, 3.05) is 31.7 Å². The van der Waals surface area contributed by atoms with Crippen molar-refractivity contribution in [1.29, 1.82) is 0 Å². The number of benzene rings is 1. The Hall–Kier alpha value is -1.75. The maximum Gasteiger partial charge on any atom is 0.231 e. The number of nitrogens with zero attached hydrogens (tertiary/aromatic N) is 1. The minimum absolute atomic E-state index is 0.0273. The fraction of sp³-hybridized carbons (Fsp3) is 0.533. The summed E-state index contributed by atoms with van der Waals surface area (Å²) >= 11 is 0. The van der Waals surface area contributed by atoms with E-state index >= 15 is 0 Å². The van der Waals surface area contributed by atoms with Gasteiger partial charge < -0.3 is 19.7 Å². The van der Waals surface area contributed by atoms with E-state index in [0.717, 1.165) is 19.6 Å². The third kappa shape index (κ3) is 3.04. The van der Waals surface area contributed by atoms with E-state index < -0.39 is 0 Å². The molecular weight excluding hydrogens is 256 g/mol. The highest BCUT2D eigenvalue weighted by Crippen LogP contribution is 2.38. The Kier molecular flexibility index (Phi) is 4.06. The number of hydrogen-bond donors (Lipinski definition) is 1. The molecule has 0 spiro atoms. The minimum atomic E-state index is 0.0273. The van der Waals surface area contributed by atoms with Crippen molar-refractivity contribution in [3.05, 3.63) is 18.2 Å². The molecule has 5 heteroatoms. The normalized spacial score (nSPS) is 18.0. The van der Waals surface area contributed by atoms with Crippen LogP contribution in [0.25, 0.3) is 0 Å². The molecule has 2 aliphatic rings. The number of nitrogens with one attached hydrogen (secondary N) is 1. The molecule has 2 aliphatic heterocycles. The quantitative estimate of drug-likeness (QED) is 0.916. The van der Waals surface area contributed by atoms with Gasteiger partial charge in [0.2, 0.25) is 12.7 Å². The van der Waals surface area contributed by atoms with Gasteiger partial charge in [-0.1, -0.05) is 12.5 Å². The summed E-state index contributed by atoms with van der Waals surface area (Å²) in [7, 11) is 0. The van der Waals surface area contributed by atoms with Crippen molar-refractivity contribution in [3.8, 4) is 11.5 Å². The smallest absolute Gasteiger partial charge is 0.231 e. The summed E-state index contributed by atoms with van der Waals surface area (Å²) < 4.78 is 10.7. The van der Waals surface area contributed by atoms with E-state index in [1.165, 1.54) is 19.3 Å². The third-order valence-corrected chi connectivity index (χ3v) is 3.77. The van der Waals surface area contributed by atoms with Crippen LogP contribution in [0.5, 0.6) is 11.5 Å². The van der Waals surface area contributed by atoms with Gasteiger partial charge in [-0.05, 0) is 38.1 Å². The topological polar surface area (TPSA) is 50.8 Å². The SMILES string of the molecule is O=C(CCN1CCCCC1)Nc1cccc2c1OCO2. The van der Waals surface area contributed by atoms with E-state index in [1.807, 2.05) is 18.2 Å². The molecule has 0 atom stereocenters. The van der Waals surface area contributed by atoms with Gasteiger partial charge in [-0.25, -0.2) is 0 Å². The first kappa shape index (κ1) is 13.2. The molecule has 0 aliphatic carbocycles. The number of carbonyl (C=O) groups is 1. The molecule has 108 valence electrons. The maximum atomic E-state index is 12.0. The number of amides is 1. The third-order valence-electron chi connectivity index (χ3n) is 3.77. The van der Waals surface area contributed by atoms with Gasteiger partial charge in [0.1, 0.15) is 0 Å². The fourth-order valence-electron chi connectivity index (χ4n) is 2.68. The Bertz CT molecular complexity index is 484. The molecule has 0 radical (unpaired) electrons. The number of rotatable bonds is 4. The molecule has 1 aromatic carbocycles. The number of anilines is 1. The molecule has 1 aromatic rings. The second-order valence-corrected chi connectivity index (χ2v) is 5.24. The molecule has 20 heavy (non-hydrogen) atoms. The van der Waals surface area contributed by atoms with Crippen LogP contribution < -0.4 is 14.8 Å². The number of piperidine rings is 1. The summed E-state index contributed by atoms with van der Waals surface area (Å²) in [6.45, 7) is 3.28. The average molecular weight is 276 g/mol. The van der Waals surface area contributed by atoms with Gasteiger partial charge in [-0.15, -0.1) is 0 Å². The van der Waals surface area contributed by atoms with E-state index in [1.54, 1.807) is 0 Å². The van der Waals surface area contributed by atoms with E-state index in [-0.39, 0.29) is 12.7 Å². The highest BCUT2D eigenvalue weighted by Gasteiger charge is 2.19. The van der Waals surface area contributed by atoms with Crippen LogP contribution in [-0.2, 0) is 4.79 Å². The summed E-state index contributed by atoms with van der Waals surface area (Å²) in [5.74, 6) is 1.36. The van der Waals surface area contributed by atoms with Gasteiger partial charge >= 0.3 is 0 Å². The minimum Gasteiger partial charge on any atom is -0.454 e. The van der Waals surface area contributed by atoms with Gasteiger partial charge in [-0.2, -0.15) is 0 Å². The number of fused-ring (bicyclic) bond motifs is 1. The lowest BCUT2D eigenvalue weighted by Gasteiger charge is -2.25. The van der Waals surface area contributed by atoms with Crippen molar-refractivity contribution in [2.24, 2.45) is 0 Å². The summed E-state index contributed by atoms with van der Waals surface area (Å²) in [5, 5.41) is 2.91. The van der Waals surface area contributed by atoms with Crippen LogP contribution in [0.3, 0.4) is 0 Å². The standard InChI is InChI=1S/C15H20N2O3/c18-14(7-10-17-8-2-1-3-9-17)16-12-5-4-6-13-15(12)20-11-19-13/h4-6H,1-3,7-11H2,(H,16,18). The number of hydrogen-bond acceptors (Lipinski definition) is 4. The highest BCUT2D eigenvalue weighted by atomic mass is 16.7.